The smallest absolute Gasteiger partial charge is 0.150 e. The van der Waals surface area contributed by atoms with Gasteiger partial charge in [-0.1, -0.05) is 12.1 Å². The third-order valence-electron chi connectivity index (χ3n) is 3.12. The average Bonchev–Trinajstić information content (AvgIpc) is 2.25. The molecule has 3 rings (SSSR count). The van der Waals surface area contributed by atoms with E-state index >= 15 is 0 Å². The molecule has 88 valence electrons. The van der Waals surface area contributed by atoms with E-state index in [1.54, 1.807) is 0 Å². The van der Waals surface area contributed by atoms with Crippen molar-refractivity contribution in [2.24, 2.45) is 5.73 Å². The molecule has 0 atom stereocenters. The Morgan fingerprint density at radius 3 is 2.35 bits per heavy atom. The van der Waals surface area contributed by atoms with Crippen LogP contribution in [0.5, 0.6) is 0 Å². The van der Waals surface area contributed by atoms with Crippen LogP contribution in [0.1, 0.15) is 12.6 Å². The Hall–Kier alpha value is -1.68. The summed E-state index contributed by atoms with van der Waals surface area (Å²) < 4.78 is 0. The molecule has 2 N–H and O–H groups in total. The van der Waals surface area contributed by atoms with Gasteiger partial charge in [-0.2, -0.15) is 0 Å². The second-order valence-electron chi connectivity index (χ2n) is 5.13. The first-order valence-electron chi connectivity index (χ1n) is 5.82. The molecule has 17 heavy (non-hydrogen) atoms. The first-order valence-corrected chi connectivity index (χ1v) is 5.82. The molecule has 1 fully saturated rings. The molecule has 1 aliphatic rings. The minimum absolute atomic E-state index is 0.0836. The van der Waals surface area contributed by atoms with Crippen molar-refractivity contribution in [2.75, 3.05) is 18.0 Å². The van der Waals surface area contributed by atoms with Gasteiger partial charge in [-0.25, -0.2) is 9.97 Å². The number of benzene rings is 1. The second kappa shape index (κ2) is 3.40. The van der Waals surface area contributed by atoms with Crippen molar-refractivity contribution in [3.05, 3.63) is 30.0 Å². The zero-order valence-corrected chi connectivity index (χ0v) is 10.1. The van der Waals surface area contributed by atoms with Crippen LogP contribution in [0.4, 0.5) is 5.82 Å². The monoisotopic (exact) mass is 228 g/mol. The van der Waals surface area contributed by atoms with Gasteiger partial charge in [-0.15, -0.1) is 0 Å². The molecular weight excluding hydrogens is 212 g/mol. The standard InChI is InChI=1S/C13H16N4/c1-9-12(17-7-13(2,14)8-17)16-11-6-4-3-5-10(11)15-9/h3-6H,7-8,14H2,1-2H3. The molecular formula is C13H16N4. The molecule has 1 aromatic carbocycles. The second-order valence-corrected chi connectivity index (χ2v) is 5.13. The summed E-state index contributed by atoms with van der Waals surface area (Å²) in [5, 5.41) is 0. The van der Waals surface area contributed by atoms with Crippen molar-refractivity contribution in [1.29, 1.82) is 0 Å². The topological polar surface area (TPSA) is 55.0 Å². The van der Waals surface area contributed by atoms with E-state index in [0.717, 1.165) is 35.6 Å². The molecule has 0 spiro atoms. The fourth-order valence-electron chi connectivity index (χ4n) is 2.35. The van der Waals surface area contributed by atoms with E-state index in [1.807, 2.05) is 31.2 Å². The van der Waals surface area contributed by atoms with Gasteiger partial charge < -0.3 is 10.6 Å². The third-order valence-corrected chi connectivity index (χ3v) is 3.12. The summed E-state index contributed by atoms with van der Waals surface area (Å²) >= 11 is 0. The quantitative estimate of drug-likeness (QED) is 0.803. The van der Waals surface area contributed by atoms with Crippen LogP contribution in [0.25, 0.3) is 11.0 Å². The van der Waals surface area contributed by atoms with Crippen LogP contribution in [-0.2, 0) is 0 Å². The Morgan fingerprint density at radius 1 is 1.18 bits per heavy atom. The van der Waals surface area contributed by atoms with E-state index in [9.17, 15) is 0 Å². The summed E-state index contributed by atoms with van der Waals surface area (Å²) in [5.74, 6) is 0.964. The molecule has 1 aliphatic heterocycles. The van der Waals surface area contributed by atoms with Crippen LogP contribution in [0, 0.1) is 6.92 Å². The predicted octanol–water partition coefficient (Wildman–Crippen LogP) is 1.48. The van der Waals surface area contributed by atoms with Crippen molar-refractivity contribution in [2.45, 2.75) is 19.4 Å². The van der Waals surface area contributed by atoms with Gasteiger partial charge in [0.25, 0.3) is 0 Å². The summed E-state index contributed by atoms with van der Waals surface area (Å²) in [6.45, 7) is 5.76. The Bertz CT molecular complexity index is 569. The molecule has 0 bridgehead atoms. The minimum Gasteiger partial charge on any atom is -0.351 e. The highest BCUT2D eigenvalue weighted by molar-refractivity contribution is 5.76. The Morgan fingerprint density at radius 2 is 1.76 bits per heavy atom. The van der Waals surface area contributed by atoms with Crippen molar-refractivity contribution in [3.63, 3.8) is 0 Å². The fraction of sp³-hybridized carbons (Fsp3) is 0.385. The lowest BCUT2D eigenvalue weighted by Crippen LogP contribution is -2.66. The number of nitrogens with zero attached hydrogens (tertiary/aromatic N) is 3. The number of aryl methyl sites for hydroxylation is 1. The molecule has 0 saturated carbocycles. The lowest BCUT2D eigenvalue weighted by atomic mass is 9.94. The average molecular weight is 228 g/mol. The van der Waals surface area contributed by atoms with Crippen LogP contribution in [0.15, 0.2) is 24.3 Å². The van der Waals surface area contributed by atoms with Gasteiger partial charge >= 0.3 is 0 Å². The molecule has 1 saturated heterocycles. The summed E-state index contributed by atoms with van der Waals surface area (Å²) in [6.07, 6.45) is 0. The highest BCUT2D eigenvalue weighted by atomic mass is 15.3. The van der Waals surface area contributed by atoms with Crippen molar-refractivity contribution in [1.82, 2.24) is 9.97 Å². The molecule has 2 heterocycles. The van der Waals surface area contributed by atoms with Gasteiger partial charge in [0.2, 0.25) is 0 Å². The molecule has 0 amide bonds. The Balaban J connectivity index is 2.03. The Labute approximate surface area is 100 Å². The van der Waals surface area contributed by atoms with Gasteiger partial charge in [-0.3, -0.25) is 0 Å². The van der Waals surface area contributed by atoms with E-state index in [4.69, 9.17) is 5.73 Å². The summed E-state index contributed by atoms with van der Waals surface area (Å²) in [6, 6.07) is 7.95. The number of fused-ring (bicyclic) bond motifs is 1. The van der Waals surface area contributed by atoms with Crippen molar-refractivity contribution in [3.8, 4) is 0 Å². The lowest BCUT2D eigenvalue weighted by molar-refractivity contribution is 0.362. The molecule has 0 radical (unpaired) electrons. The van der Waals surface area contributed by atoms with Gasteiger partial charge in [0, 0.05) is 18.6 Å². The van der Waals surface area contributed by atoms with Gasteiger partial charge in [0.15, 0.2) is 5.82 Å². The molecule has 0 aliphatic carbocycles. The zero-order chi connectivity index (χ0) is 12.0. The van der Waals surface area contributed by atoms with Crippen LogP contribution in [0.3, 0.4) is 0 Å². The summed E-state index contributed by atoms with van der Waals surface area (Å²) in [5.41, 5.74) is 8.80. The van der Waals surface area contributed by atoms with Crippen LogP contribution < -0.4 is 10.6 Å². The Kier molecular flexibility index (Phi) is 2.10. The van der Waals surface area contributed by atoms with Crippen LogP contribution in [0.2, 0.25) is 0 Å². The number of aromatic nitrogens is 2. The number of rotatable bonds is 1. The fourth-order valence-corrected chi connectivity index (χ4v) is 2.35. The van der Waals surface area contributed by atoms with E-state index in [-0.39, 0.29) is 5.54 Å². The highest BCUT2D eigenvalue weighted by Gasteiger charge is 2.36. The maximum atomic E-state index is 6.02. The van der Waals surface area contributed by atoms with Crippen molar-refractivity contribution >= 4 is 16.9 Å². The predicted molar refractivity (Wildman–Crippen MR) is 69.1 cm³/mol. The van der Waals surface area contributed by atoms with Gasteiger partial charge in [0.1, 0.15) is 0 Å². The third kappa shape index (κ3) is 1.74. The zero-order valence-electron chi connectivity index (χ0n) is 10.1. The number of hydrogen-bond donors (Lipinski definition) is 1. The SMILES string of the molecule is Cc1nc2ccccc2nc1N1CC(C)(N)C1. The molecule has 1 aromatic heterocycles. The minimum atomic E-state index is -0.0836. The highest BCUT2D eigenvalue weighted by Crippen LogP contribution is 2.27. The largest absolute Gasteiger partial charge is 0.351 e. The first kappa shape index (κ1) is 10.5. The van der Waals surface area contributed by atoms with E-state index in [0.29, 0.717) is 0 Å². The van der Waals surface area contributed by atoms with Crippen molar-refractivity contribution < 1.29 is 0 Å². The number of hydrogen-bond acceptors (Lipinski definition) is 4. The van der Waals surface area contributed by atoms with Crippen LogP contribution >= 0.6 is 0 Å². The molecule has 4 nitrogen and oxygen atoms in total. The maximum Gasteiger partial charge on any atom is 0.150 e. The normalized spacial score (nSPS) is 18.2. The number of nitrogens with two attached hydrogens (primary N) is 1. The van der Waals surface area contributed by atoms with Gasteiger partial charge in [0.05, 0.1) is 16.7 Å². The number of anilines is 1. The first-order chi connectivity index (χ1) is 8.05. The molecule has 4 heteroatoms. The van der Waals surface area contributed by atoms with E-state index in [1.165, 1.54) is 0 Å². The van der Waals surface area contributed by atoms with E-state index < -0.39 is 0 Å². The summed E-state index contributed by atoms with van der Waals surface area (Å²) in [7, 11) is 0. The van der Waals surface area contributed by atoms with Crippen LogP contribution in [-0.4, -0.2) is 28.6 Å². The lowest BCUT2D eigenvalue weighted by Gasteiger charge is -2.46. The number of para-hydroxylation sites is 2. The van der Waals surface area contributed by atoms with E-state index in [2.05, 4.69) is 21.8 Å². The van der Waals surface area contributed by atoms with Gasteiger partial charge in [-0.05, 0) is 26.0 Å². The summed E-state index contributed by atoms with van der Waals surface area (Å²) in [4.78, 5) is 11.4. The maximum absolute atomic E-state index is 6.02. The molecule has 2 aromatic rings. The molecule has 0 unspecified atom stereocenters.